The average molecular weight is 233 g/mol. The molecule has 2 saturated carbocycles. The van der Waals surface area contributed by atoms with Crippen LogP contribution in [0.25, 0.3) is 0 Å². The molecule has 2 heteroatoms. The minimum absolute atomic E-state index is 0.0330. The van der Waals surface area contributed by atoms with Crippen LogP contribution in [0.1, 0.15) is 40.0 Å². The summed E-state index contributed by atoms with van der Waals surface area (Å²) in [5, 5.41) is 10.1. The van der Waals surface area contributed by atoms with Crippen LogP contribution in [0.15, 0.2) is 0 Å². The van der Waals surface area contributed by atoms with Gasteiger partial charge in [-0.2, -0.15) is 0 Å². The van der Waals surface area contributed by atoms with Crippen LogP contribution >= 0.6 is 15.9 Å². The lowest BCUT2D eigenvalue weighted by Crippen LogP contribution is -2.45. The van der Waals surface area contributed by atoms with Crippen molar-refractivity contribution in [3.8, 4) is 0 Å². The number of aliphatic hydroxyl groups is 1. The minimum Gasteiger partial charge on any atom is -0.391 e. The highest BCUT2D eigenvalue weighted by Gasteiger charge is 2.66. The third kappa shape index (κ3) is 0.784. The maximum atomic E-state index is 10.1. The lowest BCUT2D eigenvalue weighted by molar-refractivity contribution is -0.0218. The summed E-state index contributed by atoms with van der Waals surface area (Å²) < 4.78 is 0.0330. The van der Waals surface area contributed by atoms with Crippen molar-refractivity contribution in [2.45, 2.75) is 50.5 Å². The Balaban J connectivity index is 2.44. The standard InChI is InChI=1S/C10H17BrO/c1-8(2)7(12)10(11)5-4-9(8,3)6-10/h7,12H,4-6H2,1-3H3/t7-,9-,10-/m1/s1. The van der Waals surface area contributed by atoms with E-state index in [1.807, 2.05) is 0 Å². The molecule has 0 aromatic carbocycles. The van der Waals surface area contributed by atoms with E-state index in [1.165, 1.54) is 6.42 Å². The minimum atomic E-state index is -0.177. The predicted octanol–water partition coefficient (Wildman–Crippen LogP) is 2.71. The van der Waals surface area contributed by atoms with Crippen molar-refractivity contribution < 1.29 is 5.11 Å². The summed E-state index contributed by atoms with van der Waals surface area (Å²) in [7, 11) is 0. The van der Waals surface area contributed by atoms with E-state index < -0.39 is 0 Å². The zero-order valence-electron chi connectivity index (χ0n) is 8.02. The molecule has 0 heterocycles. The molecule has 0 aliphatic heterocycles. The first-order chi connectivity index (χ1) is 5.32. The van der Waals surface area contributed by atoms with Gasteiger partial charge in [-0.15, -0.1) is 0 Å². The maximum absolute atomic E-state index is 10.1. The molecule has 12 heavy (non-hydrogen) atoms. The lowest BCUT2D eigenvalue weighted by Gasteiger charge is -2.43. The van der Waals surface area contributed by atoms with Crippen LogP contribution in [0, 0.1) is 10.8 Å². The van der Waals surface area contributed by atoms with Gasteiger partial charge in [-0.3, -0.25) is 0 Å². The van der Waals surface area contributed by atoms with E-state index in [0.717, 1.165) is 12.8 Å². The zero-order valence-corrected chi connectivity index (χ0v) is 9.61. The van der Waals surface area contributed by atoms with Crippen molar-refractivity contribution >= 4 is 15.9 Å². The van der Waals surface area contributed by atoms with Gasteiger partial charge in [-0.25, -0.2) is 0 Å². The number of halogens is 1. The fourth-order valence-electron chi connectivity index (χ4n) is 3.07. The quantitative estimate of drug-likeness (QED) is 0.638. The van der Waals surface area contributed by atoms with Crippen LogP contribution in [0.3, 0.4) is 0 Å². The number of hydrogen-bond donors (Lipinski definition) is 1. The van der Waals surface area contributed by atoms with E-state index in [-0.39, 0.29) is 15.8 Å². The van der Waals surface area contributed by atoms with Crippen LogP contribution in [-0.4, -0.2) is 15.5 Å². The van der Waals surface area contributed by atoms with Gasteiger partial charge < -0.3 is 5.11 Å². The van der Waals surface area contributed by atoms with Crippen molar-refractivity contribution in [2.24, 2.45) is 10.8 Å². The average Bonchev–Trinajstić information content (AvgIpc) is 2.32. The lowest BCUT2D eigenvalue weighted by atomic mass is 9.65. The largest absolute Gasteiger partial charge is 0.391 e. The highest BCUT2D eigenvalue weighted by molar-refractivity contribution is 9.10. The summed E-state index contributed by atoms with van der Waals surface area (Å²) in [6.07, 6.45) is 3.34. The monoisotopic (exact) mass is 232 g/mol. The Bertz CT molecular complexity index is 223. The molecule has 2 rings (SSSR count). The highest BCUT2D eigenvalue weighted by Crippen LogP contribution is 2.68. The molecule has 0 aromatic heterocycles. The van der Waals surface area contributed by atoms with Crippen LogP contribution in [0.2, 0.25) is 0 Å². The molecule has 1 N–H and O–H groups in total. The fraction of sp³-hybridized carbons (Fsp3) is 1.00. The second-order valence-corrected chi connectivity index (χ2v) is 6.98. The van der Waals surface area contributed by atoms with Gasteiger partial charge in [-0.05, 0) is 30.1 Å². The van der Waals surface area contributed by atoms with Crippen LogP contribution in [0.5, 0.6) is 0 Å². The second-order valence-electron chi connectivity index (χ2n) is 5.40. The second kappa shape index (κ2) is 2.09. The van der Waals surface area contributed by atoms with Gasteiger partial charge in [0.05, 0.1) is 10.4 Å². The Kier molecular flexibility index (Phi) is 1.57. The van der Waals surface area contributed by atoms with Gasteiger partial charge in [0.2, 0.25) is 0 Å². The third-order valence-corrected chi connectivity index (χ3v) is 5.62. The van der Waals surface area contributed by atoms with Crippen LogP contribution < -0.4 is 0 Å². The van der Waals surface area contributed by atoms with E-state index in [0.29, 0.717) is 5.41 Å². The molecule has 3 atom stereocenters. The highest BCUT2D eigenvalue weighted by atomic mass is 79.9. The summed E-state index contributed by atoms with van der Waals surface area (Å²) in [5.74, 6) is 0. The van der Waals surface area contributed by atoms with E-state index in [1.54, 1.807) is 0 Å². The SMILES string of the molecule is CC1(C)[C@@H](O)[C@@]2(Br)CC[C@]1(C)C2. The van der Waals surface area contributed by atoms with Gasteiger partial charge in [0.1, 0.15) is 0 Å². The van der Waals surface area contributed by atoms with Gasteiger partial charge in [0, 0.05) is 0 Å². The normalized spacial score (nSPS) is 56.2. The predicted molar refractivity (Wildman–Crippen MR) is 53.4 cm³/mol. The Morgan fingerprint density at radius 2 is 1.83 bits per heavy atom. The van der Waals surface area contributed by atoms with Crippen LogP contribution in [-0.2, 0) is 0 Å². The first-order valence-corrected chi connectivity index (χ1v) is 5.48. The van der Waals surface area contributed by atoms with E-state index >= 15 is 0 Å². The summed E-state index contributed by atoms with van der Waals surface area (Å²) in [6.45, 7) is 6.70. The molecule has 0 amide bonds. The van der Waals surface area contributed by atoms with Gasteiger partial charge in [0.15, 0.2) is 0 Å². The smallest absolute Gasteiger partial charge is 0.0749 e. The van der Waals surface area contributed by atoms with Gasteiger partial charge >= 0.3 is 0 Å². The van der Waals surface area contributed by atoms with E-state index in [4.69, 9.17) is 0 Å². The first kappa shape index (κ1) is 9.01. The number of rotatable bonds is 0. The van der Waals surface area contributed by atoms with E-state index in [9.17, 15) is 5.11 Å². The topological polar surface area (TPSA) is 20.2 Å². The number of alkyl halides is 1. The molecule has 0 saturated heterocycles. The Morgan fingerprint density at radius 3 is 2.08 bits per heavy atom. The Hall–Kier alpha value is 0.440. The molecule has 0 aromatic rings. The summed E-state index contributed by atoms with van der Waals surface area (Å²) in [6, 6.07) is 0. The molecule has 2 bridgehead atoms. The zero-order chi connectivity index (χ0) is 9.20. The molecule has 2 aliphatic rings. The molecule has 1 nitrogen and oxygen atoms in total. The molecule has 2 aliphatic carbocycles. The van der Waals surface area contributed by atoms with Crippen molar-refractivity contribution in [2.75, 3.05) is 0 Å². The third-order valence-electron chi connectivity index (χ3n) is 4.51. The van der Waals surface area contributed by atoms with Crippen molar-refractivity contribution in [1.82, 2.24) is 0 Å². The molecule has 2 fully saturated rings. The Labute approximate surface area is 82.7 Å². The molecular formula is C10H17BrO. The number of fused-ring (bicyclic) bond motifs is 2. The number of aliphatic hydroxyl groups excluding tert-OH is 1. The molecular weight excluding hydrogens is 216 g/mol. The molecule has 70 valence electrons. The first-order valence-electron chi connectivity index (χ1n) is 4.69. The summed E-state index contributed by atoms with van der Waals surface area (Å²) in [4.78, 5) is 0. The molecule has 0 unspecified atom stereocenters. The van der Waals surface area contributed by atoms with Gasteiger partial charge in [0.25, 0.3) is 0 Å². The summed E-state index contributed by atoms with van der Waals surface area (Å²) >= 11 is 3.71. The fourth-order valence-corrected chi connectivity index (χ4v) is 4.46. The van der Waals surface area contributed by atoms with Crippen LogP contribution in [0.4, 0.5) is 0 Å². The molecule has 0 spiro atoms. The van der Waals surface area contributed by atoms with E-state index in [2.05, 4.69) is 36.7 Å². The van der Waals surface area contributed by atoms with Crippen molar-refractivity contribution in [3.05, 3.63) is 0 Å². The van der Waals surface area contributed by atoms with Crippen molar-refractivity contribution in [1.29, 1.82) is 0 Å². The Morgan fingerprint density at radius 1 is 1.25 bits per heavy atom. The summed E-state index contributed by atoms with van der Waals surface area (Å²) in [5.41, 5.74) is 0.421. The van der Waals surface area contributed by atoms with Crippen molar-refractivity contribution in [3.63, 3.8) is 0 Å². The number of hydrogen-bond acceptors (Lipinski definition) is 1. The molecule has 0 radical (unpaired) electrons. The maximum Gasteiger partial charge on any atom is 0.0749 e. The van der Waals surface area contributed by atoms with Gasteiger partial charge in [-0.1, -0.05) is 36.7 Å².